The highest BCUT2D eigenvalue weighted by atomic mass is 19.4. The summed E-state index contributed by atoms with van der Waals surface area (Å²) >= 11 is 0. The van der Waals surface area contributed by atoms with Gasteiger partial charge in [0.05, 0.1) is 12.1 Å². The smallest absolute Gasteiger partial charge is 0.325 e. The third-order valence-corrected chi connectivity index (χ3v) is 3.20. The van der Waals surface area contributed by atoms with Crippen LogP contribution in [0.1, 0.15) is 11.1 Å². The van der Waals surface area contributed by atoms with E-state index in [1.165, 1.54) is 12.1 Å². The topological polar surface area (TPSA) is 32.3 Å². The van der Waals surface area contributed by atoms with Crippen LogP contribution in [0.15, 0.2) is 54.6 Å². The fraction of sp³-hybridized carbons (Fsp3) is 0.235. The summed E-state index contributed by atoms with van der Waals surface area (Å²) in [4.78, 5) is 13.7. The molecular formula is C17H17F3N2O. The molecule has 0 bridgehead atoms. The number of alkyl halides is 3. The molecule has 2 rings (SSSR count). The van der Waals surface area contributed by atoms with Crippen LogP contribution in [0.2, 0.25) is 0 Å². The van der Waals surface area contributed by atoms with E-state index in [-0.39, 0.29) is 12.5 Å². The number of hydrogen-bond donors (Lipinski definition) is 1. The van der Waals surface area contributed by atoms with Crippen molar-refractivity contribution < 1.29 is 18.0 Å². The molecule has 0 aromatic heterocycles. The normalized spacial score (nSPS) is 11.5. The molecule has 0 saturated heterocycles. The zero-order chi connectivity index (χ0) is 16.9. The predicted octanol–water partition coefficient (Wildman–Crippen LogP) is 3.78. The van der Waals surface area contributed by atoms with Gasteiger partial charge in [-0.2, -0.15) is 13.2 Å². The van der Waals surface area contributed by atoms with Gasteiger partial charge in [0, 0.05) is 12.2 Å². The van der Waals surface area contributed by atoms with E-state index in [4.69, 9.17) is 0 Å². The van der Waals surface area contributed by atoms with Gasteiger partial charge in [0.15, 0.2) is 0 Å². The van der Waals surface area contributed by atoms with E-state index in [1.54, 1.807) is 7.05 Å². The monoisotopic (exact) mass is 322 g/mol. The van der Waals surface area contributed by atoms with Crippen LogP contribution in [0.25, 0.3) is 0 Å². The Balaban J connectivity index is 1.87. The summed E-state index contributed by atoms with van der Waals surface area (Å²) in [6.07, 6.45) is -4.38. The Bertz CT molecular complexity index is 639. The van der Waals surface area contributed by atoms with Crippen LogP contribution in [0.5, 0.6) is 0 Å². The minimum Gasteiger partial charge on any atom is -0.325 e. The molecule has 0 atom stereocenters. The van der Waals surface area contributed by atoms with Crippen LogP contribution in [0.4, 0.5) is 18.9 Å². The summed E-state index contributed by atoms with van der Waals surface area (Å²) in [5.41, 5.74) is 0.685. The number of anilines is 1. The fourth-order valence-corrected chi connectivity index (χ4v) is 2.14. The predicted molar refractivity (Wildman–Crippen MR) is 82.8 cm³/mol. The van der Waals surface area contributed by atoms with E-state index in [9.17, 15) is 18.0 Å². The zero-order valence-electron chi connectivity index (χ0n) is 12.6. The molecule has 0 aliphatic rings. The molecule has 0 heterocycles. The number of nitrogens with zero attached hydrogens (tertiary/aromatic N) is 1. The van der Waals surface area contributed by atoms with Crippen molar-refractivity contribution in [3.05, 3.63) is 65.7 Å². The molecule has 0 aliphatic heterocycles. The van der Waals surface area contributed by atoms with E-state index in [0.717, 1.165) is 17.7 Å². The second-order valence-corrected chi connectivity index (χ2v) is 5.28. The molecule has 0 radical (unpaired) electrons. The molecule has 1 N–H and O–H groups in total. The fourth-order valence-electron chi connectivity index (χ4n) is 2.14. The summed E-state index contributed by atoms with van der Waals surface area (Å²) in [7, 11) is 1.80. The van der Waals surface area contributed by atoms with Crippen molar-refractivity contribution in [2.75, 3.05) is 18.9 Å². The number of halogens is 3. The van der Waals surface area contributed by atoms with Gasteiger partial charge in [-0.1, -0.05) is 30.3 Å². The molecule has 0 aliphatic carbocycles. The number of amides is 1. The minimum atomic E-state index is -4.38. The Labute approximate surface area is 132 Å². The summed E-state index contributed by atoms with van der Waals surface area (Å²) < 4.78 is 37.4. The van der Waals surface area contributed by atoms with Crippen molar-refractivity contribution in [3.63, 3.8) is 0 Å². The lowest BCUT2D eigenvalue weighted by molar-refractivity contribution is -0.137. The van der Waals surface area contributed by atoms with Gasteiger partial charge < -0.3 is 5.32 Å². The second kappa shape index (κ2) is 7.28. The molecule has 2 aromatic carbocycles. The molecular weight excluding hydrogens is 305 g/mol. The maximum atomic E-state index is 12.5. The van der Waals surface area contributed by atoms with Crippen molar-refractivity contribution in [3.8, 4) is 0 Å². The highest BCUT2D eigenvalue weighted by Crippen LogP contribution is 2.29. The maximum Gasteiger partial charge on any atom is 0.416 e. The van der Waals surface area contributed by atoms with E-state index in [1.807, 2.05) is 35.2 Å². The zero-order valence-corrected chi connectivity index (χ0v) is 12.6. The molecule has 3 nitrogen and oxygen atoms in total. The van der Waals surface area contributed by atoms with Gasteiger partial charge >= 0.3 is 6.18 Å². The SMILES string of the molecule is CN(CC(=O)Nc1ccc(C(F)(F)F)cc1)Cc1ccccc1. The van der Waals surface area contributed by atoms with Crippen LogP contribution in [0.3, 0.4) is 0 Å². The number of benzene rings is 2. The third-order valence-electron chi connectivity index (χ3n) is 3.20. The van der Waals surface area contributed by atoms with E-state index < -0.39 is 11.7 Å². The average molecular weight is 322 g/mol. The van der Waals surface area contributed by atoms with Gasteiger partial charge in [0.1, 0.15) is 0 Å². The van der Waals surface area contributed by atoms with Gasteiger partial charge in [-0.25, -0.2) is 0 Å². The number of nitrogens with one attached hydrogen (secondary N) is 1. The van der Waals surface area contributed by atoms with Crippen molar-refractivity contribution >= 4 is 11.6 Å². The van der Waals surface area contributed by atoms with E-state index >= 15 is 0 Å². The first kappa shape index (κ1) is 17.0. The first-order valence-corrected chi connectivity index (χ1v) is 7.04. The van der Waals surface area contributed by atoms with Crippen molar-refractivity contribution in [2.45, 2.75) is 12.7 Å². The lowest BCUT2D eigenvalue weighted by Crippen LogP contribution is -2.29. The van der Waals surface area contributed by atoms with Crippen LogP contribution < -0.4 is 5.32 Å². The number of likely N-dealkylation sites (N-methyl/N-ethyl adjacent to an activating group) is 1. The van der Waals surface area contributed by atoms with Crippen LogP contribution in [-0.2, 0) is 17.5 Å². The molecule has 1 amide bonds. The Hall–Kier alpha value is -2.34. The van der Waals surface area contributed by atoms with Crippen molar-refractivity contribution in [2.24, 2.45) is 0 Å². The van der Waals surface area contributed by atoms with Crippen LogP contribution in [-0.4, -0.2) is 24.4 Å². The number of hydrogen-bond acceptors (Lipinski definition) is 2. The third kappa shape index (κ3) is 5.41. The quantitative estimate of drug-likeness (QED) is 0.909. The van der Waals surface area contributed by atoms with Gasteiger partial charge in [0.2, 0.25) is 5.91 Å². The highest BCUT2D eigenvalue weighted by molar-refractivity contribution is 5.92. The summed E-state index contributed by atoms with van der Waals surface area (Å²) in [6.45, 7) is 0.761. The molecule has 6 heteroatoms. The van der Waals surface area contributed by atoms with Crippen LogP contribution >= 0.6 is 0 Å². The Morgan fingerprint density at radius 2 is 1.65 bits per heavy atom. The molecule has 0 unspecified atom stereocenters. The largest absolute Gasteiger partial charge is 0.416 e. The van der Waals surface area contributed by atoms with E-state index in [2.05, 4.69) is 5.32 Å². The lowest BCUT2D eigenvalue weighted by atomic mass is 10.2. The Kier molecular flexibility index (Phi) is 5.39. The second-order valence-electron chi connectivity index (χ2n) is 5.28. The Morgan fingerprint density at radius 1 is 1.04 bits per heavy atom. The molecule has 122 valence electrons. The van der Waals surface area contributed by atoms with Gasteiger partial charge in [-0.3, -0.25) is 9.69 Å². The van der Waals surface area contributed by atoms with Gasteiger partial charge in [0.25, 0.3) is 0 Å². The van der Waals surface area contributed by atoms with Crippen molar-refractivity contribution in [1.29, 1.82) is 0 Å². The minimum absolute atomic E-state index is 0.149. The highest BCUT2D eigenvalue weighted by Gasteiger charge is 2.29. The maximum absolute atomic E-state index is 12.5. The number of carbonyl (C=O) groups excluding carboxylic acids is 1. The molecule has 2 aromatic rings. The average Bonchev–Trinajstić information content (AvgIpc) is 2.47. The van der Waals surface area contributed by atoms with Crippen molar-refractivity contribution in [1.82, 2.24) is 4.90 Å². The summed E-state index contributed by atoms with van der Waals surface area (Å²) in [5.74, 6) is -0.275. The molecule has 0 saturated carbocycles. The van der Waals surface area contributed by atoms with Gasteiger partial charge in [-0.15, -0.1) is 0 Å². The lowest BCUT2D eigenvalue weighted by Gasteiger charge is -2.16. The first-order valence-electron chi connectivity index (χ1n) is 7.04. The van der Waals surface area contributed by atoms with Gasteiger partial charge in [-0.05, 0) is 36.9 Å². The number of rotatable bonds is 5. The first-order chi connectivity index (χ1) is 10.8. The molecule has 23 heavy (non-hydrogen) atoms. The van der Waals surface area contributed by atoms with Crippen LogP contribution in [0, 0.1) is 0 Å². The molecule has 0 fully saturated rings. The molecule has 0 spiro atoms. The number of carbonyl (C=O) groups is 1. The summed E-state index contributed by atoms with van der Waals surface area (Å²) in [6, 6.07) is 14.1. The summed E-state index contributed by atoms with van der Waals surface area (Å²) in [5, 5.41) is 2.59. The Morgan fingerprint density at radius 3 is 2.22 bits per heavy atom. The van der Waals surface area contributed by atoms with E-state index in [0.29, 0.717) is 12.2 Å². The standard InChI is InChI=1S/C17H17F3N2O/c1-22(11-13-5-3-2-4-6-13)12-16(23)21-15-9-7-14(8-10-15)17(18,19)20/h2-10H,11-12H2,1H3,(H,21,23).